The van der Waals surface area contributed by atoms with Gasteiger partial charge in [0.2, 0.25) is 5.91 Å². The van der Waals surface area contributed by atoms with Crippen molar-refractivity contribution in [2.75, 3.05) is 0 Å². The fourth-order valence-electron chi connectivity index (χ4n) is 1.94. The zero-order valence-electron chi connectivity index (χ0n) is 9.73. The standard InChI is InChI=1S/C12H23NO.H2/c1-4-6-7-11(14)13-12(8-9-12)10(3)5-2;/h10H,4-9H2,1-3H3,(H,13,14);1H. The first-order chi connectivity index (χ1) is 6.64. The first kappa shape index (κ1) is 11.5. The topological polar surface area (TPSA) is 29.1 Å². The summed E-state index contributed by atoms with van der Waals surface area (Å²) < 4.78 is 0. The minimum absolute atomic E-state index is 0. The van der Waals surface area contributed by atoms with Crippen LogP contribution in [0.5, 0.6) is 0 Å². The van der Waals surface area contributed by atoms with Crippen molar-refractivity contribution in [3.05, 3.63) is 0 Å². The van der Waals surface area contributed by atoms with Crippen LogP contribution in [0.15, 0.2) is 0 Å². The molecule has 0 heterocycles. The van der Waals surface area contributed by atoms with Crippen molar-refractivity contribution in [2.45, 2.75) is 64.8 Å². The van der Waals surface area contributed by atoms with Crippen LogP contribution in [0.2, 0.25) is 0 Å². The van der Waals surface area contributed by atoms with Gasteiger partial charge in [-0.05, 0) is 25.2 Å². The van der Waals surface area contributed by atoms with Crippen molar-refractivity contribution >= 4 is 5.91 Å². The molecule has 1 unspecified atom stereocenters. The van der Waals surface area contributed by atoms with E-state index in [2.05, 4.69) is 26.1 Å². The third kappa shape index (κ3) is 2.73. The fraction of sp³-hybridized carbons (Fsp3) is 0.917. The summed E-state index contributed by atoms with van der Waals surface area (Å²) in [4.78, 5) is 11.6. The molecule has 0 aromatic heterocycles. The first-order valence-electron chi connectivity index (χ1n) is 5.95. The van der Waals surface area contributed by atoms with Crippen LogP contribution in [0, 0.1) is 5.92 Å². The lowest BCUT2D eigenvalue weighted by Gasteiger charge is -2.23. The zero-order chi connectivity index (χ0) is 10.6. The molecule has 1 rings (SSSR count). The number of rotatable bonds is 6. The average molecular weight is 199 g/mol. The van der Waals surface area contributed by atoms with Gasteiger partial charge in [0, 0.05) is 13.4 Å². The predicted octanol–water partition coefficient (Wildman–Crippen LogP) is 3.12. The molecule has 0 aromatic carbocycles. The van der Waals surface area contributed by atoms with Crippen LogP contribution in [-0.2, 0) is 4.79 Å². The van der Waals surface area contributed by atoms with Gasteiger partial charge in [-0.15, -0.1) is 0 Å². The number of carbonyl (C=O) groups is 1. The fourth-order valence-corrected chi connectivity index (χ4v) is 1.94. The highest BCUT2D eigenvalue weighted by molar-refractivity contribution is 5.77. The molecule has 1 N–H and O–H groups in total. The summed E-state index contributed by atoms with van der Waals surface area (Å²) in [5, 5.41) is 3.21. The Hall–Kier alpha value is -0.530. The highest BCUT2D eigenvalue weighted by atomic mass is 16.1. The van der Waals surface area contributed by atoms with Crippen LogP contribution >= 0.6 is 0 Å². The Labute approximate surface area is 88.9 Å². The van der Waals surface area contributed by atoms with E-state index in [1.54, 1.807) is 0 Å². The van der Waals surface area contributed by atoms with Crippen molar-refractivity contribution < 1.29 is 6.22 Å². The molecule has 0 saturated heterocycles. The lowest BCUT2D eigenvalue weighted by atomic mass is 9.96. The number of amides is 1. The van der Waals surface area contributed by atoms with Crippen molar-refractivity contribution in [3.8, 4) is 0 Å². The molecule has 0 radical (unpaired) electrons. The molecule has 0 spiro atoms. The van der Waals surface area contributed by atoms with Gasteiger partial charge in [0.05, 0.1) is 0 Å². The summed E-state index contributed by atoms with van der Waals surface area (Å²) in [5.74, 6) is 0.887. The van der Waals surface area contributed by atoms with Crippen LogP contribution in [0.25, 0.3) is 0 Å². The molecule has 1 saturated carbocycles. The molecular formula is C12H25NO. The number of carbonyl (C=O) groups excluding carboxylic acids is 1. The van der Waals surface area contributed by atoms with Gasteiger partial charge in [0.25, 0.3) is 0 Å². The minimum atomic E-state index is 0. The zero-order valence-corrected chi connectivity index (χ0v) is 9.73. The SMILES string of the molecule is CCCCC(=O)NC1(C(C)CC)CC1.[HH]. The molecular weight excluding hydrogens is 174 g/mol. The van der Waals surface area contributed by atoms with E-state index in [1.807, 2.05) is 0 Å². The summed E-state index contributed by atoms with van der Waals surface area (Å²) in [7, 11) is 0. The largest absolute Gasteiger partial charge is 0.350 e. The van der Waals surface area contributed by atoms with E-state index in [4.69, 9.17) is 0 Å². The third-order valence-corrected chi connectivity index (χ3v) is 3.49. The van der Waals surface area contributed by atoms with Gasteiger partial charge in [-0.2, -0.15) is 0 Å². The van der Waals surface area contributed by atoms with Gasteiger partial charge in [-0.3, -0.25) is 4.79 Å². The van der Waals surface area contributed by atoms with E-state index in [0.717, 1.165) is 19.3 Å². The highest BCUT2D eigenvalue weighted by Crippen LogP contribution is 2.43. The Morgan fingerprint density at radius 1 is 1.50 bits per heavy atom. The second-order valence-corrected chi connectivity index (χ2v) is 4.62. The molecule has 1 aliphatic carbocycles. The van der Waals surface area contributed by atoms with E-state index >= 15 is 0 Å². The van der Waals surface area contributed by atoms with E-state index in [1.165, 1.54) is 12.8 Å². The van der Waals surface area contributed by atoms with Crippen LogP contribution in [0.4, 0.5) is 0 Å². The van der Waals surface area contributed by atoms with E-state index in [9.17, 15) is 4.79 Å². The lowest BCUT2D eigenvalue weighted by Crippen LogP contribution is -2.41. The van der Waals surface area contributed by atoms with Crippen LogP contribution in [0.1, 0.15) is 60.7 Å². The number of hydrogen-bond acceptors (Lipinski definition) is 1. The summed E-state index contributed by atoms with van der Waals surface area (Å²) >= 11 is 0. The summed E-state index contributed by atoms with van der Waals surface area (Å²) in [6, 6.07) is 0. The summed E-state index contributed by atoms with van der Waals surface area (Å²) in [6.07, 6.45) is 6.34. The molecule has 84 valence electrons. The molecule has 1 fully saturated rings. The van der Waals surface area contributed by atoms with Gasteiger partial charge in [-0.25, -0.2) is 0 Å². The highest BCUT2D eigenvalue weighted by Gasteiger charge is 2.47. The summed E-state index contributed by atoms with van der Waals surface area (Å²) in [6.45, 7) is 6.56. The van der Waals surface area contributed by atoms with Crippen LogP contribution in [0.3, 0.4) is 0 Å². The van der Waals surface area contributed by atoms with Crippen molar-refractivity contribution in [2.24, 2.45) is 5.92 Å². The Balaban J connectivity index is 0.00000196. The molecule has 0 bridgehead atoms. The number of unbranched alkanes of at least 4 members (excludes halogenated alkanes) is 1. The molecule has 14 heavy (non-hydrogen) atoms. The minimum Gasteiger partial charge on any atom is -0.350 e. The van der Waals surface area contributed by atoms with Gasteiger partial charge in [-0.1, -0.05) is 33.6 Å². The maximum absolute atomic E-state index is 11.6. The molecule has 2 heteroatoms. The Bertz CT molecular complexity index is 202. The maximum Gasteiger partial charge on any atom is 0.220 e. The van der Waals surface area contributed by atoms with Crippen LogP contribution in [-0.4, -0.2) is 11.4 Å². The average Bonchev–Trinajstić information content (AvgIpc) is 2.94. The van der Waals surface area contributed by atoms with E-state index in [0.29, 0.717) is 12.3 Å². The van der Waals surface area contributed by atoms with Crippen molar-refractivity contribution in [1.82, 2.24) is 5.32 Å². The Morgan fingerprint density at radius 3 is 2.57 bits per heavy atom. The van der Waals surface area contributed by atoms with Crippen LogP contribution < -0.4 is 5.32 Å². The quantitative estimate of drug-likeness (QED) is 0.699. The van der Waals surface area contributed by atoms with Gasteiger partial charge in [0.15, 0.2) is 0 Å². The van der Waals surface area contributed by atoms with Crippen molar-refractivity contribution in [1.29, 1.82) is 0 Å². The molecule has 2 nitrogen and oxygen atoms in total. The van der Waals surface area contributed by atoms with Gasteiger partial charge in [0.1, 0.15) is 0 Å². The molecule has 1 aliphatic rings. The Kier molecular flexibility index (Phi) is 3.97. The van der Waals surface area contributed by atoms with Gasteiger partial charge >= 0.3 is 0 Å². The lowest BCUT2D eigenvalue weighted by molar-refractivity contribution is -0.122. The predicted molar refractivity (Wildman–Crippen MR) is 61.2 cm³/mol. The summed E-state index contributed by atoms with van der Waals surface area (Å²) in [5.41, 5.74) is 0.180. The maximum atomic E-state index is 11.6. The van der Waals surface area contributed by atoms with E-state index < -0.39 is 0 Å². The molecule has 0 aromatic rings. The smallest absolute Gasteiger partial charge is 0.220 e. The molecule has 1 amide bonds. The van der Waals surface area contributed by atoms with Crippen molar-refractivity contribution in [3.63, 3.8) is 0 Å². The molecule has 0 aliphatic heterocycles. The number of nitrogens with one attached hydrogen (secondary N) is 1. The third-order valence-electron chi connectivity index (χ3n) is 3.49. The first-order valence-corrected chi connectivity index (χ1v) is 5.95. The monoisotopic (exact) mass is 199 g/mol. The number of hydrogen-bond donors (Lipinski definition) is 1. The molecule has 1 atom stereocenters. The normalized spacial score (nSPS) is 20.2. The van der Waals surface area contributed by atoms with Gasteiger partial charge < -0.3 is 5.32 Å². The second kappa shape index (κ2) is 4.81. The Morgan fingerprint density at radius 2 is 2.14 bits per heavy atom. The van der Waals surface area contributed by atoms with E-state index in [-0.39, 0.29) is 12.9 Å². The second-order valence-electron chi connectivity index (χ2n) is 4.62.